The largest absolute Gasteiger partial charge is 0.482 e. The minimum absolute atomic E-state index is 0.0615. The number of ketones is 1. The van der Waals surface area contributed by atoms with Crippen molar-refractivity contribution >= 4 is 11.5 Å². The van der Waals surface area contributed by atoms with E-state index in [9.17, 15) is 4.79 Å². The fourth-order valence-electron chi connectivity index (χ4n) is 2.81. The average Bonchev–Trinajstić information content (AvgIpc) is 2.60. The zero-order chi connectivity index (χ0) is 17.5. The van der Waals surface area contributed by atoms with Gasteiger partial charge in [-0.05, 0) is 48.6 Å². The number of aryl methyl sites for hydroxylation is 2. The summed E-state index contributed by atoms with van der Waals surface area (Å²) in [4.78, 5) is 13.1. The summed E-state index contributed by atoms with van der Waals surface area (Å²) in [7, 11) is 0. The van der Waals surface area contributed by atoms with Crippen LogP contribution in [0.15, 0.2) is 42.5 Å². The highest BCUT2D eigenvalue weighted by Gasteiger charge is 2.23. The molecule has 128 valence electrons. The molecule has 0 radical (unpaired) electrons. The molecule has 0 aliphatic carbocycles. The number of ether oxygens (including phenoxy) is 1. The molecule has 0 saturated carbocycles. The third kappa shape index (κ3) is 4.38. The molecule has 0 saturated heterocycles. The summed E-state index contributed by atoms with van der Waals surface area (Å²) >= 11 is 0. The fraction of sp³-hybridized carbons (Fsp3) is 0.381. The van der Waals surface area contributed by atoms with Crippen LogP contribution >= 0.6 is 0 Å². The number of benzene rings is 2. The first-order valence-corrected chi connectivity index (χ1v) is 8.77. The summed E-state index contributed by atoms with van der Waals surface area (Å²) < 4.78 is 6.00. The second-order valence-electron chi connectivity index (χ2n) is 6.03. The van der Waals surface area contributed by atoms with Gasteiger partial charge < -0.3 is 10.5 Å². The quantitative estimate of drug-likeness (QED) is 0.559. The number of rotatable bonds is 8. The standard InChI is InChI=1S/C21H27NO2/c1-4-8-20(24-18-10-7-9-17(22)14-18)21(23)19-13-15(5-2)11-12-16(19)6-3/h7,9-14,20H,4-6,8,22H2,1-3H3. The summed E-state index contributed by atoms with van der Waals surface area (Å²) in [5.41, 5.74) is 9.50. The number of Topliss-reactive ketones (excluding diaryl/α,β-unsaturated/α-hetero) is 1. The summed E-state index contributed by atoms with van der Waals surface area (Å²) in [6.07, 6.45) is 2.84. The Morgan fingerprint density at radius 3 is 2.50 bits per heavy atom. The van der Waals surface area contributed by atoms with Gasteiger partial charge in [0.1, 0.15) is 5.75 Å². The second kappa shape index (κ2) is 8.53. The number of hydrogen-bond donors (Lipinski definition) is 1. The minimum atomic E-state index is -0.478. The molecule has 1 unspecified atom stereocenters. The molecule has 0 amide bonds. The van der Waals surface area contributed by atoms with Crippen LogP contribution in [0, 0.1) is 0 Å². The Hall–Kier alpha value is -2.29. The third-order valence-corrected chi connectivity index (χ3v) is 4.21. The van der Waals surface area contributed by atoms with Crippen molar-refractivity contribution < 1.29 is 9.53 Å². The van der Waals surface area contributed by atoms with E-state index in [-0.39, 0.29) is 5.78 Å². The average molecular weight is 325 g/mol. The van der Waals surface area contributed by atoms with Crippen molar-refractivity contribution in [3.8, 4) is 5.75 Å². The van der Waals surface area contributed by atoms with Gasteiger partial charge >= 0.3 is 0 Å². The lowest BCUT2D eigenvalue weighted by Gasteiger charge is -2.20. The van der Waals surface area contributed by atoms with Gasteiger partial charge in [0, 0.05) is 17.3 Å². The van der Waals surface area contributed by atoms with Crippen molar-refractivity contribution in [2.75, 3.05) is 5.73 Å². The predicted molar refractivity (Wildman–Crippen MR) is 99.7 cm³/mol. The molecule has 2 aromatic carbocycles. The number of carbonyl (C=O) groups is 1. The van der Waals surface area contributed by atoms with Gasteiger partial charge in [-0.1, -0.05) is 45.4 Å². The maximum Gasteiger partial charge on any atom is 0.203 e. The maximum absolute atomic E-state index is 13.1. The van der Waals surface area contributed by atoms with Crippen molar-refractivity contribution in [1.82, 2.24) is 0 Å². The lowest BCUT2D eigenvalue weighted by atomic mass is 9.94. The van der Waals surface area contributed by atoms with Crippen LogP contribution in [0.25, 0.3) is 0 Å². The van der Waals surface area contributed by atoms with Crippen LogP contribution in [0.5, 0.6) is 5.75 Å². The van der Waals surface area contributed by atoms with E-state index in [2.05, 4.69) is 32.9 Å². The van der Waals surface area contributed by atoms with E-state index in [0.29, 0.717) is 17.9 Å². The third-order valence-electron chi connectivity index (χ3n) is 4.21. The summed E-state index contributed by atoms with van der Waals surface area (Å²) in [5.74, 6) is 0.706. The van der Waals surface area contributed by atoms with Gasteiger partial charge in [-0.2, -0.15) is 0 Å². The maximum atomic E-state index is 13.1. The van der Waals surface area contributed by atoms with E-state index in [1.807, 2.05) is 24.3 Å². The summed E-state index contributed by atoms with van der Waals surface area (Å²) in [6.45, 7) is 6.24. The van der Waals surface area contributed by atoms with Crippen molar-refractivity contribution in [3.63, 3.8) is 0 Å². The highest BCUT2D eigenvalue weighted by Crippen LogP contribution is 2.22. The lowest BCUT2D eigenvalue weighted by Crippen LogP contribution is -2.28. The Labute approximate surface area is 144 Å². The highest BCUT2D eigenvalue weighted by atomic mass is 16.5. The monoisotopic (exact) mass is 325 g/mol. The first kappa shape index (κ1) is 18.1. The molecule has 24 heavy (non-hydrogen) atoms. The van der Waals surface area contributed by atoms with Crippen LogP contribution in [0.3, 0.4) is 0 Å². The second-order valence-corrected chi connectivity index (χ2v) is 6.03. The van der Waals surface area contributed by atoms with Gasteiger partial charge in [0.25, 0.3) is 0 Å². The molecule has 0 spiro atoms. The molecule has 0 bridgehead atoms. The van der Waals surface area contributed by atoms with E-state index in [1.165, 1.54) is 5.56 Å². The van der Waals surface area contributed by atoms with Crippen LogP contribution in [0.2, 0.25) is 0 Å². The summed E-state index contributed by atoms with van der Waals surface area (Å²) in [5, 5.41) is 0. The number of nitrogens with two attached hydrogens (primary N) is 1. The van der Waals surface area contributed by atoms with Gasteiger partial charge in [-0.15, -0.1) is 0 Å². The van der Waals surface area contributed by atoms with Crippen LogP contribution < -0.4 is 10.5 Å². The highest BCUT2D eigenvalue weighted by molar-refractivity contribution is 6.01. The van der Waals surface area contributed by atoms with E-state index < -0.39 is 6.10 Å². The van der Waals surface area contributed by atoms with Crippen molar-refractivity contribution in [2.24, 2.45) is 0 Å². The van der Waals surface area contributed by atoms with Gasteiger partial charge in [-0.3, -0.25) is 4.79 Å². The van der Waals surface area contributed by atoms with E-state index in [4.69, 9.17) is 10.5 Å². The first-order valence-electron chi connectivity index (χ1n) is 8.77. The van der Waals surface area contributed by atoms with Gasteiger partial charge in [0.2, 0.25) is 5.78 Å². The van der Waals surface area contributed by atoms with Gasteiger partial charge in [0.15, 0.2) is 6.10 Å². The molecule has 0 fully saturated rings. The predicted octanol–water partition coefficient (Wildman–Crippen LogP) is 4.82. The van der Waals surface area contributed by atoms with Crippen molar-refractivity contribution in [2.45, 2.75) is 52.6 Å². The van der Waals surface area contributed by atoms with Crippen LogP contribution in [0.1, 0.15) is 55.1 Å². The van der Waals surface area contributed by atoms with Crippen LogP contribution in [0.4, 0.5) is 5.69 Å². The van der Waals surface area contributed by atoms with E-state index in [1.54, 1.807) is 6.07 Å². The van der Waals surface area contributed by atoms with Crippen molar-refractivity contribution in [1.29, 1.82) is 0 Å². The Balaban J connectivity index is 2.31. The molecule has 0 aliphatic rings. The number of anilines is 1. The Morgan fingerprint density at radius 1 is 1.08 bits per heavy atom. The minimum Gasteiger partial charge on any atom is -0.482 e. The zero-order valence-electron chi connectivity index (χ0n) is 14.8. The Bertz CT molecular complexity index is 694. The van der Waals surface area contributed by atoms with Crippen molar-refractivity contribution in [3.05, 3.63) is 59.2 Å². The molecule has 0 aromatic heterocycles. The molecular weight excluding hydrogens is 298 g/mol. The number of hydrogen-bond acceptors (Lipinski definition) is 3. The molecule has 0 heterocycles. The lowest BCUT2D eigenvalue weighted by molar-refractivity contribution is 0.0776. The number of carbonyl (C=O) groups excluding carboxylic acids is 1. The summed E-state index contributed by atoms with van der Waals surface area (Å²) in [6, 6.07) is 13.4. The van der Waals surface area contributed by atoms with Crippen LogP contribution in [-0.4, -0.2) is 11.9 Å². The molecule has 2 rings (SSSR count). The van der Waals surface area contributed by atoms with E-state index in [0.717, 1.165) is 30.4 Å². The smallest absolute Gasteiger partial charge is 0.203 e. The fourth-order valence-corrected chi connectivity index (χ4v) is 2.81. The molecule has 2 N–H and O–H groups in total. The van der Waals surface area contributed by atoms with Gasteiger partial charge in [-0.25, -0.2) is 0 Å². The first-order chi connectivity index (χ1) is 11.6. The molecular formula is C21H27NO2. The van der Waals surface area contributed by atoms with Gasteiger partial charge in [0.05, 0.1) is 0 Å². The topological polar surface area (TPSA) is 52.3 Å². The molecule has 1 atom stereocenters. The molecule has 2 aromatic rings. The van der Waals surface area contributed by atoms with Crippen LogP contribution in [-0.2, 0) is 12.8 Å². The Morgan fingerprint density at radius 2 is 1.88 bits per heavy atom. The molecule has 0 aliphatic heterocycles. The number of nitrogen functional groups attached to an aromatic ring is 1. The Kier molecular flexibility index (Phi) is 6.42. The molecule has 3 nitrogen and oxygen atoms in total. The zero-order valence-corrected chi connectivity index (χ0v) is 14.8. The van der Waals surface area contributed by atoms with E-state index >= 15 is 0 Å². The molecule has 3 heteroatoms. The SMILES string of the molecule is CCCC(Oc1cccc(N)c1)C(=O)c1cc(CC)ccc1CC. The normalized spacial score (nSPS) is 12.0.